The van der Waals surface area contributed by atoms with E-state index in [-0.39, 0.29) is 17.6 Å². The van der Waals surface area contributed by atoms with Crippen LogP contribution in [0.4, 0.5) is 5.69 Å². The van der Waals surface area contributed by atoms with Gasteiger partial charge >= 0.3 is 0 Å². The molecule has 1 aromatic carbocycles. The lowest BCUT2D eigenvalue weighted by atomic mass is 10.2. The quantitative estimate of drug-likeness (QED) is 0.666. The number of carbonyl (C=O) groups excluding carboxylic acids is 2. The van der Waals surface area contributed by atoms with Crippen LogP contribution in [0.3, 0.4) is 0 Å². The number of anilines is 1. The maximum absolute atomic E-state index is 11.8. The monoisotopic (exact) mass is 234 g/mol. The molecule has 1 aliphatic heterocycles. The first-order chi connectivity index (χ1) is 8.06. The van der Waals surface area contributed by atoms with E-state index in [2.05, 4.69) is 10.6 Å². The molecule has 0 bridgehead atoms. The van der Waals surface area contributed by atoms with Gasteiger partial charge < -0.3 is 15.7 Å². The van der Waals surface area contributed by atoms with E-state index >= 15 is 0 Å². The summed E-state index contributed by atoms with van der Waals surface area (Å²) in [5, 5.41) is 14.7. The fourth-order valence-electron chi connectivity index (χ4n) is 1.77. The Bertz CT molecular complexity index is 471. The molecule has 1 saturated heterocycles. The Morgan fingerprint density at radius 2 is 2.29 bits per heavy atom. The zero-order chi connectivity index (χ0) is 12.4. The van der Waals surface area contributed by atoms with E-state index in [1.54, 1.807) is 19.1 Å². The molecule has 1 atom stereocenters. The predicted molar refractivity (Wildman–Crippen MR) is 62.6 cm³/mol. The van der Waals surface area contributed by atoms with Gasteiger partial charge in [0.15, 0.2) is 0 Å². The molecule has 1 fully saturated rings. The first-order valence-corrected chi connectivity index (χ1v) is 5.46. The van der Waals surface area contributed by atoms with Crippen molar-refractivity contribution in [3.63, 3.8) is 0 Å². The summed E-state index contributed by atoms with van der Waals surface area (Å²) in [6.45, 7) is 1.75. The van der Waals surface area contributed by atoms with Gasteiger partial charge in [0, 0.05) is 12.1 Å². The minimum absolute atomic E-state index is 0.0907. The first-order valence-electron chi connectivity index (χ1n) is 5.46. The Morgan fingerprint density at radius 1 is 1.53 bits per heavy atom. The van der Waals surface area contributed by atoms with Crippen LogP contribution in [0.2, 0.25) is 0 Å². The predicted octanol–water partition coefficient (Wildman–Crippen LogP) is 0.918. The summed E-state index contributed by atoms with van der Waals surface area (Å²) in [5.74, 6) is -0.120. The summed E-state index contributed by atoms with van der Waals surface area (Å²) >= 11 is 0. The Hall–Kier alpha value is -2.04. The molecule has 17 heavy (non-hydrogen) atoms. The molecule has 3 N–H and O–H groups in total. The third kappa shape index (κ3) is 2.55. The van der Waals surface area contributed by atoms with Gasteiger partial charge in [-0.25, -0.2) is 0 Å². The second-order valence-electron chi connectivity index (χ2n) is 4.15. The zero-order valence-electron chi connectivity index (χ0n) is 9.49. The lowest BCUT2D eigenvalue weighted by Crippen LogP contribution is -2.37. The fourth-order valence-corrected chi connectivity index (χ4v) is 1.77. The van der Waals surface area contributed by atoms with E-state index in [0.29, 0.717) is 24.1 Å². The van der Waals surface area contributed by atoms with Gasteiger partial charge in [-0.2, -0.15) is 0 Å². The fraction of sp³-hybridized carbons (Fsp3) is 0.333. The van der Waals surface area contributed by atoms with Gasteiger partial charge in [-0.3, -0.25) is 9.59 Å². The molecule has 0 radical (unpaired) electrons. The van der Waals surface area contributed by atoms with Crippen LogP contribution in [0.25, 0.3) is 0 Å². The van der Waals surface area contributed by atoms with Crippen LogP contribution in [0, 0.1) is 6.92 Å². The van der Waals surface area contributed by atoms with Crippen LogP contribution in [0.5, 0.6) is 5.75 Å². The van der Waals surface area contributed by atoms with Gasteiger partial charge in [0.1, 0.15) is 11.8 Å². The lowest BCUT2D eigenvalue weighted by Gasteiger charge is -2.11. The highest BCUT2D eigenvalue weighted by Crippen LogP contribution is 2.20. The van der Waals surface area contributed by atoms with Crippen molar-refractivity contribution in [1.82, 2.24) is 5.32 Å². The van der Waals surface area contributed by atoms with Crippen molar-refractivity contribution in [3.05, 3.63) is 23.8 Å². The van der Waals surface area contributed by atoms with Gasteiger partial charge in [-0.1, -0.05) is 0 Å². The highest BCUT2D eigenvalue weighted by Gasteiger charge is 2.27. The lowest BCUT2D eigenvalue weighted by molar-refractivity contribution is -0.122. The first kappa shape index (κ1) is 11.4. The number of phenols is 1. The summed E-state index contributed by atoms with van der Waals surface area (Å²) < 4.78 is 0. The third-order valence-corrected chi connectivity index (χ3v) is 2.78. The van der Waals surface area contributed by atoms with E-state index in [1.165, 1.54) is 6.07 Å². The molecule has 5 nitrogen and oxygen atoms in total. The second-order valence-corrected chi connectivity index (χ2v) is 4.15. The van der Waals surface area contributed by atoms with Crippen LogP contribution in [0.15, 0.2) is 18.2 Å². The van der Waals surface area contributed by atoms with Crippen molar-refractivity contribution < 1.29 is 14.7 Å². The van der Waals surface area contributed by atoms with E-state index < -0.39 is 6.04 Å². The molecular weight excluding hydrogens is 220 g/mol. The summed E-state index contributed by atoms with van der Waals surface area (Å²) in [4.78, 5) is 22.8. The minimum atomic E-state index is -0.448. The van der Waals surface area contributed by atoms with Gasteiger partial charge in [0.2, 0.25) is 11.8 Å². The molecule has 5 heteroatoms. The SMILES string of the molecule is Cc1cc(NC(=O)[C@H]2CCC(=O)N2)ccc1O. The summed E-state index contributed by atoms with van der Waals surface area (Å²) in [5.41, 5.74) is 1.31. The molecule has 0 saturated carbocycles. The summed E-state index contributed by atoms with van der Waals surface area (Å²) in [6.07, 6.45) is 0.925. The number of hydrogen-bond donors (Lipinski definition) is 3. The van der Waals surface area contributed by atoms with Crippen LogP contribution >= 0.6 is 0 Å². The van der Waals surface area contributed by atoms with Crippen LogP contribution in [-0.2, 0) is 9.59 Å². The second kappa shape index (κ2) is 4.45. The van der Waals surface area contributed by atoms with E-state index in [1.807, 2.05) is 0 Å². The normalized spacial score (nSPS) is 18.9. The Kier molecular flexibility index (Phi) is 2.99. The van der Waals surface area contributed by atoms with E-state index in [0.717, 1.165) is 0 Å². The summed E-state index contributed by atoms with van der Waals surface area (Å²) in [6, 6.07) is 4.38. The summed E-state index contributed by atoms with van der Waals surface area (Å²) in [7, 11) is 0. The van der Waals surface area contributed by atoms with Crippen molar-refractivity contribution >= 4 is 17.5 Å². The molecule has 0 aliphatic carbocycles. The van der Waals surface area contributed by atoms with Gasteiger partial charge in [-0.15, -0.1) is 0 Å². The number of hydrogen-bond acceptors (Lipinski definition) is 3. The maximum atomic E-state index is 11.8. The molecular formula is C12H14N2O3. The Labute approximate surface area is 98.8 Å². The van der Waals surface area contributed by atoms with Crippen molar-refractivity contribution in [1.29, 1.82) is 0 Å². The highest BCUT2D eigenvalue weighted by molar-refractivity contribution is 5.99. The number of rotatable bonds is 2. The topological polar surface area (TPSA) is 78.4 Å². The molecule has 0 aromatic heterocycles. The number of phenolic OH excluding ortho intramolecular Hbond substituents is 1. The van der Waals surface area contributed by atoms with E-state index in [9.17, 15) is 14.7 Å². The zero-order valence-corrected chi connectivity index (χ0v) is 9.49. The van der Waals surface area contributed by atoms with Gasteiger partial charge in [-0.05, 0) is 37.1 Å². The highest BCUT2D eigenvalue weighted by atomic mass is 16.3. The van der Waals surface area contributed by atoms with Crippen molar-refractivity contribution in [2.45, 2.75) is 25.8 Å². The molecule has 1 aliphatic rings. The number of amides is 2. The van der Waals surface area contributed by atoms with Crippen LogP contribution < -0.4 is 10.6 Å². The number of aryl methyl sites for hydroxylation is 1. The van der Waals surface area contributed by atoms with Crippen LogP contribution in [0.1, 0.15) is 18.4 Å². The largest absolute Gasteiger partial charge is 0.508 e. The van der Waals surface area contributed by atoms with Crippen molar-refractivity contribution in [3.8, 4) is 5.75 Å². The molecule has 1 aromatic rings. The molecule has 2 amide bonds. The number of carbonyl (C=O) groups is 2. The molecule has 1 heterocycles. The number of benzene rings is 1. The molecule has 90 valence electrons. The minimum Gasteiger partial charge on any atom is -0.508 e. The van der Waals surface area contributed by atoms with E-state index in [4.69, 9.17) is 0 Å². The smallest absolute Gasteiger partial charge is 0.246 e. The molecule has 0 spiro atoms. The average Bonchev–Trinajstić information content (AvgIpc) is 2.70. The third-order valence-electron chi connectivity index (χ3n) is 2.78. The van der Waals surface area contributed by atoms with Gasteiger partial charge in [0.05, 0.1) is 0 Å². The average molecular weight is 234 g/mol. The Morgan fingerprint density at radius 3 is 2.88 bits per heavy atom. The standard InChI is InChI=1S/C12H14N2O3/c1-7-6-8(2-4-10(7)15)13-12(17)9-3-5-11(16)14-9/h2,4,6,9,15H,3,5H2,1H3,(H,13,17)(H,14,16)/t9-/m1/s1. The van der Waals surface area contributed by atoms with Gasteiger partial charge in [0.25, 0.3) is 0 Å². The number of nitrogens with one attached hydrogen (secondary N) is 2. The van der Waals surface area contributed by atoms with Crippen LogP contribution in [-0.4, -0.2) is 23.0 Å². The number of aromatic hydroxyl groups is 1. The van der Waals surface area contributed by atoms with Crippen molar-refractivity contribution in [2.24, 2.45) is 0 Å². The molecule has 0 unspecified atom stereocenters. The Balaban J connectivity index is 2.03. The maximum Gasteiger partial charge on any atom is 0.246 e. The molecule has 2 rings (SSSR count). The van der Waals surface area contributed by atoms with Crippen molar-refractivity contribution in [2.75, 3.05) is 5.32 Å².